The van der Waals surface area contributed by atoms with Gasteiger partial charge in [0, 0.05) is 24.6 Å². The third-order valence-corrected chi connectivity index (χ3v) is 2.96. The standard InChI is InChI=1S/C9H9BrN2O/c10-8-3-6-12(9(8)13)7-1-4-11-5-2-7/h1-2,4-5,8H,3,6H2/t8-/m0/s1. The van der Waals surface area contributed by atoms with E-state index in [-0.39, 0.29) is 10.7 Å². The number of aromatic nitrogens is 1. The highest BCUT2D eigenvalue weighted by atomic mass is 79.9. The van der Waals surface area contributed by atoms with Crippen LogP contribution in [0.2, 0.25) is 0 Å². The lowest BCUT2D eigenvalue weighted by Gasteiger charge is -2.14. The number of pyridine rings is 1. The molecule has 1 saturated heterocycles. The number of carbonyl (C=O) groups is 1. The average Bonchev–Trinajstić information content (AvgIpc) is 2.49. The molecule has 4 heteroatoms. The zero-order chi connectivity index (χ0) is 9.26. The molecule has 13 heavy (non-hydrogen) atoms. The highest BCUT2D eigenvalue weighted by Crippen LogP contribution is 2.24. The molecule has 1 aromatic heterocycles. The first-order chi connectivity index (χ1) is 6.29. The van der Waals surface area contributed by atoms with Crippen molar-refractivity contribution in [1.82, 2.24) is 4.98 Å². The Kier molecular flexibility index (Phi) is 2.31. The molecule has 1 amide bonds. The van der Waals surface area contributed by atoms with Crippen molar-refractivity contribution in [2.45, 2.75) is 11.2 Å². The van der Waals surface area contributed by atoms with E-state index in [1.54, 1.807) is 17.3 Å². The summed E-state index contributed by atoms with van der Waals surface area (Å²) >= 11 is 3.33. The van der Waals surface area contributed by atoms with Crippen molar-refractivity contribution < 1.29 is 4.79 Å². The number of carbonyl (C=O) groups excluding carboxylic acids is 1. The molecule has 1 aliphatic rings. The quantitative estimate of drug-likeness (QED) is 0.699. The van der Waals surface area contributed by atoms with Gasteiger partial charge in [0.1, 0.15) is 0 Å². The minimum Gasteiger partial charge on any atom is -0.311 e. The van der Waals surface area contributed by atoms with Crippen molar-refractivity contribution in [2.75, 3.05) is 11.4 Å². The topological polar surface area (TPSA) is 33.2 Å². The van der Waals surface area contributed by atoms with E-state index in [1.807, 2.05) is 12.1 Å². The molecule has 3 nitrogen and oxygen atoms in total. The van der Waals surface area contributed by atoms with Crippen molar-refractivity contribution in [3.63, 3.8) is 0 Å². The van der Waals surface area contributed by atoms with Gasteiger partial charge in [-0.2, -0.15) is 0 Å². The molecule has 1 atom stereocenters. The average molecular weight is 241 g/mol. The van der Waals surface area contributed by atoms with Crippen LogP contribution in [0.15, 0.2) is 24.5 Å². The second-order valence-electron chi connectivity index (χ2n) is 2.95. The Hall–Kier alpha value is -0.900. The zero-order valence-corrected chi connectivity index (χ0v) is 8.57. The van der Waals surface area contributed by atoms with Crippen LogP contribution in [0.25, 0.3) is 0 Å². The van der Waals surface area contributed by atoms with E-state index < -0.39 is 0 Å². The summed E-state index contributed by atoms with van der Waals surface area (Å²) in [6.45, 7) is 0.790. The van der Waals surface area contributed by atoms with Gasteiger partial charge >= 0.3 is 0 Å². The number of hydrogen-bond donors (Lipinski definition) is 0. The largest absolute Gasteiger partial charge is 0.311 e. The third-order valence-electron chi connectivity index (χ3n) is 2.11. The van der Waals surface area contributed by atoms with Crippen molar-refractivity contribution >= 4 is 27.5 Å². The van der Waals surface area contributed by atoms with Crippen LogP contribution in [0.1, 0.15) is 6.42 Å². The second kappa shape index (κ2) is 3.46. The van der Waals surface area contributed by atoms with Crippen LogP contribution in [0.4, 0.5) is 5.69 Å². The molecule has 1 aliphatic heterocycles. The van der Waals surface area contributed by atoms with Crippen LogP contribution in [-0.4, -0.2) is 22.3 Å². The summed E-state index contributed by atoms with van der Waals surface area (Å²) in [5.41, 5.74) is 0.932. The first-order valence-corrected chi connectivity index (χ1v) is 5.06. The predicted octanol–water partition coefficient (Wildman–Crippen LogP) is 1.58. The van der Waals surface area contributed by atoms with Crippen LogP contribution < -0.4 is 4.90 Å². The fraction of sp³-hybridized carbons (Fsp3) is 0.333. The molecule has 0 saturated carbocycles. The van der Waals surface area contributed by atoms with Gasteiger partial charge in [0.25, 0.3) is 0 Å². The van der Waals surface area contributed by atoms with Crippen LogP contribution in [0.5, 0.6) is 0 Å². The Balaban J connectivity index is 2.24. The molecule has 1 fully saturated rings. The normalized spacial score (nSPS) is 22.4. The van der Waals surface area contributed by atoms with Gasteiger partial charge in [0.05, 0.1) is 4.83 Å². The van der Waals surface area contributed by atoms with Crippen molar-refractivity contribution in [3.05, 3.63) is 24.5 Å². The molecule has 0 aromatic carbocycles. The lowest BCUT2D eigenvalue weighted by atomic mass is 10.4. The Morgan fingerprint density at radius 2 is 2.15 bits per heavy atom. The smallest absolute Gasteiger partial charge is 0.240 e. The molecular formula is C9H9BrN2O. The first kappa shape index (κ1) is 8.69. The number of nitrogens with zero attached hydrogens (tertiary/aromatic N) is 2. The molecule has 68 valence electrons. The summed E-state index contributed by atoms with van der Waals surface area (Å²) in [5.74, 6) is 0.145. The van der Waals surface area contributed by atoms with E-state index in [1.165, 1.54) is 0 Å². The summed E-state index contributed by atoms with van der Waals surface area (Å²) in [6.07, 6.45) is 4.27. The monoisotopic (exact) mass is 240 g/mol. The fourth-order valence-corrected chi connectivity index (χ4v) is 1.88. The zero-order valence-electron chi connectivity index (χ0n) is 6.98. The maximum Gasteiger partial charge on any atom is 0.240 e. The minimum atomic E-state index is -0.0133. The van der Waals surface area contributed by atoms with Crippen molar-refractivity contribution in [3.8, 4) is 0 Å². The van der Waals surface area contributed by atoms with Gasteiger partial charge in [-0.25, -0.2) is 0 Å². The van der Waals surface area contributed by atoms with Gasteiger partial charge in [-0.15, -0.1) is 0 Å². The summed E-state index contributed by atoms with van der Waals surface area (Å²) in [5, 5.41) is 0. The van der Waals surface area contributed by atoms with E-state index >= 15 is 0 Å². The maximum atomic E-state index is 11.6. The van der Waals surface area contributed by atoms with Crippen LogP contribution >= 0.6 is 15.9 Å². The van der Waals surface area contributed by atoms with E-state index in [4.69, 9.17) is 0 Å². The number of halogens is 1. The number of rotatable bonds is 1. The van der Waals surface area contributed by atoms with E-state index in [2.05, 4.69) is 20.9 Å². The van der Waals surface area contributed by atoms with Crippen molar-refractivity contribution in [2.24, 2.45) is 0 Å². The molecule has 0 N–H and O–H groups in total. The van der Waals surface area contributed by atoms with Gasteiger partial charge in [0.15, 0.2) is 0 Å². The molecule has 2 rings (SSSR count). The highest BCUT2D eigenvalue weighted by Gasteiger charge is 2.30. The Labute approximate surface area is 84.9 Å². The highest BCUT2D eigenvalue weighted by molar-refractivity contribution is 9.10. The third kappa shape index (κ3) is 1.58. The van der Waals surface area contributed by atoms with Crippen LogP contribution in [-0.2, 0) is 4.79 Å². The van der Waals surface area contributed by atoms with Gasteiger partial charge in [-0.3, -0.25) is 9.78 Å². The van der Waals surface area contributed by atoms with E-state index in [0.29, 0.717) is 0 Å². The number of alkyl halides is 1. The number of hydrogen-bond acceptors (Lipinski definition) is 2. The second-order valence-corrected chi connectivity index (χ2v) is 4.06. The molecule has 0 radical (unpaired) electrons. The molecule has 2 heterocycles. The van der Waals surface area contributed by atoms with Gasteiger partial charge < -0.3 is 4.90 Å². The molecule has 0 unspecified atom stereocenters. The summed E-state index contributed by atoms with van der Waals surface area (Å²) in [7, 11) is 0. The maximum absolute atomic E-state index is 11.6. The number of anilines is 1. The Morgan fingerprint density at radius 1 is 1.46 bits per heavy atom. The summed E-state index contributed by atoms with van der Waals surface area (Å²) in [4.78, 5) is 17.2. The molecule has 1 aromatic rings. The predicted molar refractivity (Wildman–Crippen MR) is 53.9 cm³/mol. The van der Waals surface area contributed by atoms with Gasteiger partial charge in [-0.1, -0.05) is 15.9 Å². The minimum absolute atomic E-state index is 0.0133. The van der Waals surface area contributed by atoms with Gasteiger partial charge in [0.2, 0.25) is 5.91 Å². The molecular weight excluding hydrogens is 232 g/mol. The van der Waals surface area contributed by atoms with Crippen LogP contribution in [0.3, 0.4) is 0 Å². The lowest BCUT2D eigenvalue weighted by molar-refractivity contribution is -0.116. The first-order valence-electron chi connectivity index (χ1n) is 4.14. The lowest BCUT2D eigenvalue weighted by Crippen LogP contribution is -2.26. The number of amides is 1. The Bertz CT molecular complexity index is 315. The summed E-state index contributed by atoms with van der Waals surface area (Å²) in [6, 6.07) is 3.70. The van der Waals surface area contributed by atoms with Crippen molar-refractivity contribution in [1.29, 1.82) is 0 Å². The van der Waals surface area contributed by atoms with E-state index in [9.17, 15) is 4.79 Å². The molecule has 0 aliphatic carbocycles. The van der Waals surface area contributed by atoms with Crippen LogP contribution in [0, 0.1) is 0 Å². The van der Waals surface area contributed by atoms with Gasteiger partial charge in [-0.05, 0) is 18.6 Å². The fourth-order valence-electron chi connectivity index (χ4n) is 1.43. The summed E-state index contributed by atoms with van der Waals surface area (Å²) < 4.78 is 0. The van der Waals surface area contributed by atoms with E-state index in [0.717, 1.165) is 18.7 Å². The Morgan fingerprint density at radius 3 is 2.69 bits per heavy atom. The molecule has 0 bridgehead atoms. The molecule has 0 spiro atoms. The SMILES string of the molecule is O=C1[C@@H](Br)CCN1c1ccncc1.